The molecule has 0 radical (unpaired) electrons. The van der Waals surface area contributed by atoms with Gasteiger partial charge in [0.25, 0.3) is 0 Å². The summed E-state index contributed by atoms with van der Waals surface area (Å²) in [6, 6.07) is 0. The van der Waals surface area contributed by atoms with E-state index in [2.05, 4.69) is 20.8 Å². The summed E-state index contributed by atoms with van der Waals surface area (Å²) in [7, 11) is 0.739. The predicted molar refractivity (Wildman–Crippen MR) is 150 cm³/mol. The van der Waals surface area contributed by atoms with E-state index in [1.807, 2.05) is 0 Å². The molecule has 0 N–H and O–H groups in total. The van der Waals surface area contributed by atoms with Gasteiger partial charge in [-0.1, -0.05) is 142 Å². The highest BCUT2D eigenvalue weighted by atomic mass is 127. The summed E-state index contributed by atoms with van der Waals surface area (Å²) < 4.78 is 0. The summed E-state index contributed by atoms with van der Waals surface area (Å²) in [6.45, 7) is 7.05. The van der Waals surface area contributed by atoms with Gasteiger partial charge >= 0.3 is 0 Å². The minimum Gasteiger partial charge on any atom is -1.00 e. The fraction of sp³-hybridized carbons (Fsp3) is 1.00. The van der Waals surface area contributed by atoms with Gasteiger partial charge in [-0.15, -0.1) is 0 Å². The predicted octanol–water partition coefficient (Wildman–Crippen LogP) is 8.03. The van der Waals surface area contributed by atoms with Crippen LogP contribution in [0.5, 0.6) is 0 Å². The third kappa shape index (κ3) is 29.1. The number of halogens is 1. The van der Waals surface area contributed by atoms with Crippen LogP contribution in [0, 0.1) is 0 Å². The molecular formula is C30H63IS. The van der Waals surface area contributed by atoms with E-state index in [-0.39, 0.29) is 24.0 Å². The second-order valence-electron chi connectivity index (χ2n) is 10.1. The van der Waals surface area contributed by atoms with E-state index in [4.69, 9.17) is 0 Å². The average Bonchev–Trinajstić information content (AvgIpc) is 2.79. The molecule has 0 spiro atoms. The molecule has 0 bridgehead atoms. The molecule has 0 fully saturated rings. The first kappa shape index (κ1) is 35.2. The highest BCUT2D eigenvalue weighted by Crippen LogP contribution is 2.15. The van der Waals surface area contributed by atoms with Gasteiger partial charge in [0.05, 0.1) is 0 Å². The SMILES string of the molecule is CCCCCCCCCCCCCC[S+](CC)CCCCCCCCCCCCCC.[I-]. The van der Waals surface area contributed by atoms with Crippen molar-refractivity contribution in [2.45, 2.75) is 175 Å². The fourth-order valence-electron chi connectivity index (χ4n) is 4.69. The van der Waals surface area contributed by atoms with Crippen molar-refractivity contribution >= 4 is 10.9 Å². The molecule has 0 unspecified atom stereocenters. The first-order valence-electron chi connectivity index (χ1n) is 15.0. The van der Waals surface area contributed by atoms with Gasteiger partial charge in [-0.05, 0) is 43.5 Å². The minimum absolute atomic E-state index is 0. The van der Waals surface area contributed by atoms with Crippen molar-refractivity contribution in [3.63, 3.8) is 0 Å². The second-order valence-corrected chi connectivity index (χ2v) is 12.7. The van der Waals surface area contributed by atoms with Crippen LogP contribution in [-0.2, 0) is 10.9 Å². The highest BCUT2D eigenvalue weighted by Gasteiger charge is 2.13. The smallest absolute Gasteiger partial charge is 0.108 e. The first-order chi connectivity index (χ1) is 15.3. The van der Waals surface area contributed by atoms with Crippen LogP contribution in [0.2, 0.25) is 0 Å². The van der Waals surface area contributed by atoms with E-state index >= 15 is 0 Å². The molecule has 0 saturated heterocycles. The molecule has 0 heterocycles. The molecule has 0 aliphatic carbocycles. The van der Waals surface area contributed by atoms with Crippen LogP contribution in [0.3, 0.4) is 0 Å². The monoisotopic (exact) mass is 582 g/mol. The van der Waals surface area contributed by atoms with Crippen molar-refractivity contribution in [2.75, 3.05) is 17.3 Å². The van der Waals surface area contributed by atoms with Crippen LogP contribution in [0.25, 0.3) is 0 Å². The lowest BCUT2D eigenvalue weighted by molar-refractivity contribution is -0.00000698. The van der Waals surface area contributed by atoms with Crippen molar-refractivity contribution in [3.8, 4) is 0 Å². The zero-order valence-electron chi connectivity index (χ0n) is 22.9. The third-order valence-corrected chi connectivity index (χ3v) is 9.53. The molecule has 0 saturated carbocycles. The van der Waals surface area contributed by atoms with Gasteiger partial charge in [0, 0.05) is 0 Å². The largest absolute Gasteiger partial charge is 1.00 e. The number of hydrogen-bond donors (Lipinski definition) is 0. The van der Waals surface area contributed by atoms with E-state index in [0.717, 1.165) is 10.9 Å². The van der Waals surface area contributed by atoms with Crippen molar-refractivity contribution in [3.05, 3.63) is 0 Å². The quantitative estimate of drug-likeness (QED) is 0.0523. The van der Waals surface area contributed by atoms with Crippen molar-refractivity contribution in [1.29, 1.82) is 0 Å². The lowest BCUT2D eigenvalue weighted by Gasteiger charge is -2.07. The van der Waals surface area contributed by atoms with Gasteiger partial charge in [0.2, 0.25) is 0 Å². The Labute approximate surface area is 226 Å². The second kappa shape index (κ2) is 32.1. The van der Waals surface area contributed by atoms with E-state index in [0.29, 0.717) is 0 Å². The summed E-state index contributed by atoms with van der Waals surface area (Å²) in [5.74, 6) is 4.51. The molecular weight excluding hydrogens is 519 g/mol. The molecule has 196 valence electrons. The molecule has 0 aromatic carbocycles. The van der Waals surface area contributed by atoms with Crippen LogP contribution >= 0.6 is 0 Å². The maximum absolute atomic E-state index is 2.43. The minimum atomic E-state index is 0. The Hall–Kier alpha value is 1.08. The molecule has 0 aromatic heterocycles. The molecule has 0 aliphatic heterocycles. The average molecular weight is 583 g/mol. The molecule has 0 rings (SSSR count). The fourth-order valence-corrected chi connectivity index (χ4v) is 6.69. The lowest BCUT2D eigenvalue weighted by atomic mass is 10.1. The lowest BCUT2D eigenvalue weighted by Crippen LogP contribution is -3.00. The van der Waals surface area contributed by atoms with Crippen LogP contribution in [-0.4, -0.2) is 17.3 Å². The molecule has 2 heteroatoms. The molecule has 0 aliphatic rings. The summed E-state index contributed by atoms with van der Waals surface area (Å²) in [5.41, 5.74) is 0. The molecule has 0 nitrogen and oxygen atoms in total. The van der Waals surface area contributed by atoms with Gasteiger partial charge in [0.1, 0.15) is 17.3 Å². The van der Waals surface area contributed by atoms with Gasteiger partial charge in [-0.2, -0.15) is 0 Å². The van der Waals surface area contributed by atoms with Crippen LogP contribution < -0.4 is 24.0 Å². The van der Waals surface area contributed by atoms with Crippen molar-refractivity contribution < 1.29 is 24.0 Å². The van der Waals surface area contributed by atoms with Gasteiger partial charge in [-0.3, -0.25) is 0 Å². The Balaban J connectivity index is 0. The zero-order chi connectivity index (χ0) is 22.7. The number of rotatable bonds is 27. The van der Waals surface area contributed by atoms with Gasteiger partial charge < -0.3 is 24.0 Å². The highest BCUT2D eigenvalue weighted by molar-refractivity contribution is 7.96. The summed E-state index contributed by atoms with van der Waals surface area (Å²) >= 11 is 0. The van der Waals surface area contributed by atoms with E-state index < -0.39 is 0 Å². The van der Waals surface area contributed by atoms with Crippen LogP contribution in [0.1, 0.15) is 175 Å². The van der Waals surface area contributed by atoms with Crippen LogP contribution in [0.15, 0.2) is 0 Å². The summed E-state index contributed by atoms with van der Waals surface area (Å²) in [4.78, 5) is 0. The first-order valence-corrected chi connectivity index (χ1v) is 16.7. The molecule has 32 heavy (non-hydrogen) atoms. The molecule has 0 atom stereocenters. The Morgan fingerprint density at radius 1 is 0.312 bits per heavy atom. The van der Waals surface area contributed by atoms with Gasteiger partial charge in [0.15, 0.2) is 0 Å². The normalized spacial score (nSPS) is 11.2. The van der Waals surface area contributed by atoms with Crippen molar-refractivity contribution in [1.82, 2.24) is 0 Å². The van der Waals surface area contributed by atoms with E-state index in [9.17, 15) is 0 Å². The Bertz CT molecular complexity index is 279. The van der Waals surface area contributed by atoms with Crippen LogP contribution in [0.4, 0.5) is 0 Å². The number of unbranched alkanes of at least 4 members (excludes halogenated alkanes) is 22. The number of hydrogen-bond acceptors (Lipinski definition) is 0. The topological polar surface area (TPSA) is 0 Å². The Kier molecular flexibility index (Phi) is 35.3. The maximum atomic E-state index is 2.43. The van der Waals surface area contributed by atoms with Crippen molar-refractivity contribution in [2.24, 2.45) is 0 Å². The Morgan fingerprint density at radius 2 is 0.531 bits per heavy atom. The zero-order valence-corrected chi connectivity index (χ0v) is 25.9. The maximum Gasteiger partial charge on any atom is 0.108 e. The Morgan fingerprint density at radius 3 is 0.750 bits per heavy atom. The summed E-state index contributed by atoms with van der Waals surface area (Å²) in [5, 5.41) is 0. The molecule has 0 aromatic rings. The third-order valence-electron chi connectivity index (χ3n) is 6.98. The molecule has 0 amide bonds. The van der Waals surface area contributed by atoms with E-state index in [1.54, 1.807) is 0 Å². The summed E-state index contributed by atoms with van der Waals surface area (Å²) in [6.07, 6.45) is 35.4. The standard InChI is InChI=1S/C30H63S.HI/c1-4-7-9-11-13-15-17-19-21-23-25-27-29-31(6-3)30-28-26-24-22-20-18-16-14-12-10-8-5-2;/h4-30H2,1-3H3;1H/q+1;/p-1. The van der Waals surface area contributed by atoms with E-state index in [1.165, 1.54) is 171 Å². The van der Waals surface area contributed by atoms with Gasteiger partial charge in [-0.25, -0.2) is 0 Å².